The van der Waals surface area contributed by atoms with Gasteiger partial charge in [-0.05, 0) is 25.7 Å². The molecule has 1 aliphatic rings. The molecule has 4 N–H and O–H groups in total. The van der Waals surface area contributed by atoms with E-state index in [2.05, 4.69) is 27.5 Å². The number of nitrogens with one attached hydrogen (secondary N) is 2. The molecule has 0 spiro atoms. The van der Waals surface area contributed by atoms with Crippen LogP contribution in [-0.2, 0) is 0 Å². The van der Waals surface area contributed by atoms with Crippen LogP contribution >= 0.6 is 0 Å². The fourth-order valence-electron chi connectivity index (χ4n) is 2.48. The number of anilines is 3. The number of rotatable bonds is 4. The van der Waals surface area contributed by atoms with E-state index < -0.39 is 0 Å². The van der Waals surface area contributed by atoms with Gasteiger partial charge in [0, 0.05) is 19.2 Å². The molecule has 1 aliphatic carbocycles. The number of hydrogen-bond acceptors (Lipinski definition) is 5. The predicted octanol–water partition coefficient (Wildman–Crippen LogP) is 2.09. The zero-order chi connectivity index (χ0) is 12.3. The number of aromatic nitrogens is 2. The monoisotopic (exact) mass is 235 g/mol. The van der Waals surface area contributed by atoms with Crippen molar-refractivity contribution in [2.45, 2.75) is 38.6 Å². The Kier molecular flexibility index (Phi) is 3.66. The van der Waals surface area contributed by atoms with Crippen LogP contribution in [0.2, 0.25) is 0 Å². The van der Waals surface area contributed by atoms with Gasteiger partial charge in [-0.3, -0.25) is 0 Å². The first-order chi connectivity index (χ1) is 8.19. The van der Waals surface area contributed by atoms with Crippen molar-refractivity contribution in [1.29, 1.82) is 0 Å². The molecular formula is C12H21N5. The standard InChI is InChI=1S/C12H21N5/c1-8(9-5-3-4-6-9)15-11-7-10(14-2)16-12(13)17-11/h7-9H,3-6H2,1-2H3,(H4,13,14,15,16,17). The molecule has 1 aromatic rings. The molecule has 0 saturated heterocycles. The van der Waals surface area contributed by atoms with Crippen molar-refractivity contribution in [2.24, 2.45) is 5.92 Å². The summed E-state index contributed by atoms with van der Waals surface area (Å²) in [5.74, 6) is 2.61. The average molecular weight is 235 g/mol. The molecule has 1 heterocycles. The van der Waals surface area contributed by atoms with Crippen molar-refractivity contribution in [3.05, 3.63) is 6.07 Å². The van der Waals surface area contributed by atoms with Gasteiger partial charge < -0.3 is 16.4 Å². The Morgan fingerprint density at radius 2 is 1.94 bits per heavy atom. The van der Waals surface area contributed by atoms with Crippen LogP contribution in [0.5, 0.6) is 0 Å². The van der Waals surface area contributed by atoms with Gasteiger partial charge in [-0.2, -0.15) is 9.97 Å². The van der Waals surface area contributed by atoms with Crippen molar-refractivity contribution in [3.63, 3.8) is 0 Å². The molecular weight excluding hydrogens is 214 g/mol. The first kappa shape index (κ1) is 12.0. The molecule has 94 valence electrons. The molecule has 1 unspecified atom stereocenters. The molecule has 1 saturated carbocycles. The quantitative estimate of drug-likeness (QED) is 0.745. The van der Waals surface area contributed by atoms with E-state index in [0.29, 0.717) is 12.0 Å². The molecule has 1 aromatic heterocycles. The van der Waals surface area contributed by atoms with Crippen LogP contribution in [0.4, 0.5) is 17.6 Å². The van der Waals surface area contributed by atoms with Crippen LogP contribution < -0.4 is 16.4 Å². The minimum atomic E-state index is 0.304. The lowest BCUT2D eigenvalue weighted by molar-refractivity contribution is 0.481. The molecule has 0 amide bonds. The van der Waals surface area contributed by atoms with Gasteiger partial charge in [-0.1, -0.05) is 12.8 Å². The number of nitrogen functional groups attached to an aromatic ring is 1. The Labute approximate surface area is 102 Å². The van der Waals surface area contributed by atoms with Crippen LogP contribution in [-0.4, -0.2) is 23.1 Å². The Hall–Kier alpha value is -1.52. The van der Waals surface area contributed by atoms with E-state index in [1.165, 1.54) is 25.7 Å². The second-order valence-corrected chi connectivity index (χ2v) is 4.72. The van der Waals surface area contributed by atoms with Gasteiger partial charge in [0.05, 0.1) is 0 Å². The summed E-state index contributed by atoms with van der Waals surface area (Å²) in [6, 6.07) is 2.33. The molecule has 2 rings (SSSR count). The third kappa shape index (κ3) is 2.99. The lowest BCUT2D eigenvalue weighted by atomic mass is 10.00. The fraction of sp³-hybridized carbons (Fsp3) is 0.667. The van der Waals surface area contributed by atoms with Gasteiger partial charge >= 0.3 is 0 Å². The van der Waals surface area contributed by atoms with Gasteiger partial charge in [-0.25, -0.2) is 0 Å². The van der Waals surface area contributed by atoms with Crippen LogP contribution in [0.15, 0.2) is 6.07 Å². The minimum Gasteiger partial charge on any atom is -0.373 e. The molecule has 0 aromatic carbocycles. The van der Waals surface area contributed by atoms with Crippen molar-refractivity contribution in [3.8, 4) is 0 Å². The average Bonchev–Trinajstić information content (AvgIpc) is 2.81. The Morgan fingerprint density at radius 1 is 1.29 bits per heavy atom. The van der Waals surface area contributed by atoms with Gasteiger partial charge in [0.1, 0.15) is 11.6 Å². The van der Waals surface area contributed by atoms with E-state index in [-0.39, 0.29) is 0 Å². The SMILES string of the molecule is CNc1cc(NC(C)C2CCCC2)nc(N)n1. The molecule has 0 radical (unpaired) electrons. The molecule has 0 bridgehead atoms. The highest BCUT2D eigenvalue weighted by molar-refractivity contribution is 5.51. The second kappa shape index (κ2) is 5.21. The smallest absolute Gasteiger partial charge is 0.223 e. The normalized spacial score (nSPS) is 18.0. The molecule has 1 atom stereocenters. The highest BCUT2D eigenvalue weighted by Gasteiger charge is 2.21. The number of nitrogens with two attached hydrogens (primary N) is 1. The molecule has 17 heavy (non-hydrogen) atoms. The Balaban J connectivity index is 2.04. The van der Waals surface area contributed by atoms with Gasteiger partial charge in [0.15, 0.2) is 0 Å². The van der Waals surface area contributed by atoms with Crippen molar-refractivity contribution >= 4 is 17.6 Å². The van der Waals surface area contributed by atoms with Gasteiger partial charge in [0.25, 0.3) is 0 Å². The van der Waals surface area contributed by atoms with E-state index >= 15 is 0 Å². The summed E-state index contributed by atoms with van der Waals surface area (Å²) in [5.41, 5.74) is 5.66. The molecule has 5 heteroatoms. The summed E-state index contributed by atoms with van der Waals surface area (Å²) in [6.07, 6.45) is 5.33. The largest absolute Gasteiger partial charge is 0.373 e. The fourth-order valence-corrected chi connectivity index (χ4v) is 2.48. The zero-order valence-corrected chi connectivity index (χ0v) is 10.5. The topological polar surface area (TPSA) is 75.9 Å². The van der Waals surface area contributed by atoms with Crippen LogP contribution in [0, 0.1) is 5.92 Å². The maximum atomic E-state index is 5.66. The van der Waals surface area contributed by atoms with Gasteiger partial charge in [0.2, 0.25) is 5.95 Å². The zero-order valence-electron chi connectivity index (χ0n) is 10.5. The van der Waals surface area contributed by atoms with E-state index in [0.717, 1.165) is 17.6 Å². The van der Waals surface area contributed by atoms with E-state index in [9.17, 15) is 0 Å². The number of nitrogens with zero attached hydrogens (tertiary/aromatic N) is 2. The Morgan fingerprint density at radius 3 is 2.59 bits per heavy atom. The molecule has 5 nitrogen and oxygen atoms in total. The highest BCUT2D eigenvalue weighted by atomic mass is 15.1. The minimum absolute atomic E-state index is 0.304. The van der Waals surface area contributed by atoms with E-state index in [1.54, 1.807) is 0 Å². The summed E-state index contributed by atoms with van der Waals surface area (Å²) in [7, 11) is 1.83. The van der Waals surface area contributed by atoms with Crippen LogP contribution in [0.3, 0.4) is 0 Å². The number of hydrogen-bond donors (Lipinski definition) is 3. The van der Waals surface area contributed by atoms with Crippen molar-refractivity contribution < 1.29 is 0 Å². The summed E-state index contributed by atoms with van der Waals surface area (Å²) in [6.45, 7) is 2.22. The maximum Gasteiger partial charge on any atom is 0.223 e. The van der Waals surface area contributed by atoms with E-state index in [1.807, 2.05) is 13.1 Å². The predicted molar refractivity (Wildman–Crippen MR) is 71.0 cm³/mol. The first-order valence-corrected chi connectivity index (χ1v) is 6.28. The first-order valence-electron chi connectivity index (χ1n) is 6.28. The second-order valence-electron chi connectivity index (χ2n) is 4.72. The lowest BCUT2D eigenvalue weighted by Gasteiger charge is -2.21. The highest BCUT2D eigenvalue weighted by Crippen LogP contribution is 2.29. The third-order valence-electron chi connectivity index (χ3n) is 3.48. The van der Waals surface area contributed by atoms with Gasteiger partial charge in [-0.15, -0.1) is 0 Å². The van der Waals surface area contributed by atoms with Crippen LogP contribution in [0.25, 0.3) is 0 Å². The lowest BCUT2D eigenvalue weighted by Crippen LogP contribution is -2.24. The molecule has 0 aliphatic heterocycles. The summed E-state index contributed by atoms with van der Waals surface area (Å²) in [4.78, 5) is 8.28. The summed E-state index contributed by atoms with van der Waals surface area (Å²) < 4.78 is 0. The third-order valence-corrected chi connectivity index (χ3v) is 3.48. The van der Waals surface area contributed by atoms with Crippen LogP contribution in [0.1, 0.15) is 32.6 Å². The molecule has 1 fully saturated rings. The van der Waals surface area contributed by atoms with Crippen molar-refractivity contribution in [1.82, 2.24) is 9.97 Å². The maximum absolute atomic E-state index is 5.66. The summed E-state index contributed by atoms with van der Waals surface area (Å²) >= 11 is 0. The van der Waals surface area contributed by atoms with E-state index in [4.69, 9.17) is 5.73 Å². The summed E-state index contributed by atoms with van der Waals surface area (Å²) in [5, 5.41) is 6.41. The Bertz CT molecular complexity index is 373. The van der Waals surface area contributed by atoms with Crippen molar-refractivity contribution in [2.75, 3.05) is 23.4 Å².